The monoisotopic (exact) mass is 573 g/mol. The molecule has 4 aromatic rings. The predicted octanol–water partition coefficient (Wildman–Crippen LogP) is 4.36. The topological polar surface area (TPSA) is 138 Å². The molecule has 14 heteroatoms. The zero-order valence-corrected chi connectivity index (χ0v) is 21.6. The quantitative estimate of drug-likeness (QED) is 0.268. The van der Waals surface area contributed by atoms with Crippen LogP contribution in [0, 0.1) is 5.92 Å². The minimum absolute atomic E-state index is 0.0190. The van der Waals surface area contributed by atoms with Crippen molar-refractivity contribution < 1.29 is 28.2 Å². The minimum Gasteiger partial charge on any atom is -0.481 e. The number of alkyl halides is 2. The van der Waals surface area contributed by atoms with E-state index in [2.05, 4.69) is 20.0 Å². The number of carboxylic acids is 1. The maximum Gasteiger partial charge on any atom is 0.387 e. The van der Waals surface area contributed by atoms with Gasteiger partial charge in [0, 0.05) is 23.3 Å². The summed E-state index contributed by atoms with van der Waals surface area (Å²) in [5.74, 6) is -1.82. The summed E-state index contributed by atoms with van der Waals surface area (Å²) in [4.78, 5) is 45.3. The molecule has 2 aromatic carbocycles. The third-order valence-electron chi connectivity index (χ3n) is 5.55. The van der Waals surface area contributed by atoms with Crippen LogP contribution in [0.2, 0.25) is 5.02 Å². The summed E-state index contributed by atoms with van der Waals surface area (Å²) >= 11 is 5.96. The van der Waals surface area contributed by atoms with E-state index in [9.17, 15) is 28.3 Å². The number of nitrogens with one attached hydrogen (secondary N) is 1. The molecule has 0 aliphatic carbocycles. The number of ether oxygens (including phenoxy) is 2. The molecule has 208 valence electrons. The number of carbonyl (C=O) groups is 1. The van der Waals surface area contributed by atoms with Gasteiger partial charge in [0.05, 0.1) is 18.7 Å². The number of carboxylic acid groups (broad SMARTS) is 1. The molecule has 0 radical (unpaired) electrons. The zero-order valence-electron chi connectivity index (χ0n) is 20.8. The van der Waals surface area contributed by atoms with Gasteiger partial charge in [-0.3, -0.25) is 9.36 Å². The molecule has 0 amide bonds. The summed E-state index contributed by atoms with van der Waals surface area (Å²) in [6.07, 6.45) is 1.10. The van der Waals surface area contributed by atoms with Gasteiger partial charge in [-0.15, -0.1) is 0 Å². The SMILES string of the molecule is C[C@H](Cn1c(=O)nc(Nc2ccc(Oc3ccc(OC(F)F)cn3)cc2)n(Cc2ccc(Cl)cc2)c1=O)C(=O)O. The second-order valence-electron chi connectivity index (χ2n) is 8.53. The molecule has 0 bridgehead atoms. The Kier molecular flexibility index (Phi) is 8.74. The van der Waals surface area contributed by atoms with Gasteiger partial charge >= 0.3 is 24.0 Å². The number of hydrogen-bond donors (Lipinski definition) is 2. The van der Waals surface area contributed by atoms with Crippen LogP contribution >= 0.6 is 11.6 Å². The molecule has 0 spiro atoms. The van der Waals surface area contributed by atoms with Crippen LogP contribution in [0.4, 0.5) is 20.4 Å². The summed E-state index contributed by atoms with van der Waals surface area (Å²) in [7, 11) is 0. The van der Waals surface area contributed by atoms with Crippen LogP contribution in [-0.4, -0.2) is 36.8 Å². The van der Waals surface area contributed by atoms with Crippen LogP contribution in [0.1, 0.15) is 12.5 Å². The number of anilines is 2. The van der Waals surface area contributed by atoms with Crippen LogP contribution in [0.25, 0.3) is 0 Å². The standard InChI is InChI=1S/C26H22ClF2N5O6/c1-15(22(35)36)13-34-25(37)32-24(33(26(34)38)14-16-2-4-17(27)5-3-16)31-18-6-8-19(9-7-18)39-21-11-10-20(12-30-21)40-23(28)29/h2-12,15,23H,13-14H2,1H3,(H,35,36)(H,31,32,37)/t15-/m1/s1. The number of hydrogen-bond acceptors (Lipinski definition) is 8. The van der Waals surface area contributed by atoms with Crippen LogP contribution in [0.3, 0.4) is 0 Å². The van der Waals surface area contributed by atoms with Crippen molar-refractivity contribution in [1.29, 1.82) is 0 Å². The molecule has 0 unspecified atom stereocenters. The summed E-state index contributed by atoms with van der Waals surface area (Å²) < 4.78 is 36.4. The van der Waals surface area contributed by atoms with Gasteiger partial charge in [-0.2, -0.15) is 13.8 Å². The molecular formula is C26H22ClF2N5O6. The summed E-state index contributed by atoms with van der Waals surface area (Å²) in [6, 6.07) is 15.7. The third-order valence-corrected chi connectivity index (χ3v) is 5.80. The minimum atomic E-state index is -2.97. The zero-order chi connectivity index (χ0) is 28.8. The third kappa shape index (κ3) is 7.20. The maximum absolute atomic E-state index is 13.3. The molecule has 11 nitrogen and oxygen atoms in total. The highest BCUT2D eigenvalue weighted by molar-refractivity contribution is 6.30. The first-order chi connectivity index (χ1) is 19.1. The molecule has 4 rings (SSSR count). The first-order valence-corrected chi connectivity index (χ1v) is 12.1. The molecule has 40 heavy (non-hydrogen) atoms. The number of aliphatic carboxylic acids is 1. The fraction of sp³-hybridized carbons (Fsp3) is 0.192. The van der Waals surface area contributed by atoms with Gasteiger partial charge in [0.25, 0.3) is 0 Å². The summed E-state index contributed by atoms with van der Waals surface area (Å²) in [5, 5.41) is 12.7. The van der Waals surface area contributed by atoms with Crippen LogP contribution < -0.4 is 26.2 Å². The van der Waals surface area contributed by atoms with Crippen molar-refractivity contribution in [1.82, 2.24) is 19.1 Å². The van der Waals surface area contributed by atoms with Gasteiger partial charge in [0.15, 0.2) is 0 Å². The largest absolute Gasteiger partial charge is 0.481 e. The van der Waals surface area contributed by atoms with E-state index in [0.29, 0.717) is 22.0 Å². The highest BCUT2D eigenvalue weighted by Gasteiger charge is 2.19. The molecule has 0 saturated carbocycles. The molecule has 2 heterocycles. The highest BCUT2D eigenvalue weighted by atomic mass is 35.5. The fourth-order valence-corrected chi connectivity index (χ4v) is 3.63. The summed E-state index contributed by atoms with van der Waals surface area (Å²) in [6.45, 7) is -1.91. The number of halogens is 3. The van der Waals surface area contributed by atoms with Gasteiger partial charge in [-0.05, 0) is 48.0 Å². The summed E-state index contributed by atoms with van der Waals surface area (Å²) in [5.41, 5.74) is -0.503. The van der Waals surface area contributed by atoms with E-state index in [1.165, 1.54) is 23.6 Å². The highest BCUT2D eigenvalue weighted by Crippen LogP contribution is 2.24. The second-order valence-corrected chi connectivity index (χ2v) is 8.96. The lowest BCUT2D eigenvalue weighted by atomic mass is 10.2. The Morgan fingerprint density at radius 1 is 1.02 bits per heavy atom. The lowest BCUT2D eigenvalue weighted by molar-refractivity contribution is -0.141. The van der Waals surface area contributed by atoms with Gasteiger partial charge in [0.1, 0.15) is 11.5 Å². The Balaban J connectivity index is 1.59. The number of rotatable bonds is 11. The molecule has 1 atom stereocenters. The van der Waals surface area contributed by atoms with Crippen molar-refractivity contribution in [2.45, 2.75) is 26.6 Å². The van der Waals surface area contributed by atoms with E-state index in [4.69, 9.17) is 16.3 Å². The Morgan fingerprint density at radius 3 is 2.30 bits per heavy atom. The average Bonchev–Trinajstić information content (AvgIpc) is 2.91. The van der Waals surface area contributed by atoms with E-state index in [1.54, 1.807) is 48.5 Å². The van der Waals surface area contributed by atoms with Crippen molar-refractivity contribution in [3.05, 3.63) is 98.4 Å². The Labute approximate surface area is 230 Å². The second kappa shape index (κ2) is 12.4. The van der Waals surface area contributed by atoms with Crippen molar-refractivity contribution in [3.63, 3.8) is 0 Å². The molecule has 2 aromatic heterocycles. The van der Waals surface area contributed by atoms with E-state index in [0.717, 1.165) is 10.8 Å². The van der Waals surface area contributed by atoms with E-state index >= 15 is 0 Å². The number of nitrogens with zero attached hydrogens (tertiary/aromatic N) is 4. The molecule has 0 saturated heterocycles. The number of pyridine rings is 1. The van der Waals surface area contributed by atoms with Crippen LogP contribution in [0.15, 0.2) is 76.4 Å². The van der Waals surface area contributed by atoms with E-state index in [-0.39, 0.29) is 30.7 Å². The smallest absolute Gasteiger partial charge is 0.387 e. The first kappa shape index (κ1) is 28.2. The van der Waals surface area contributed by atoms with Gasteiger partial charge < -0.3 is 19.9 Å². The molecule has 0 aliphatic rings. The van der Waals surface area contributed by atoms with Crippen molar-refractivity contribution >= 4 is 29.2 Å². The van der Waals surface area contributed by atoms with Gasteiger partial charge in [-0.25, -0.2) is 19.1 Å². The number of benzene rings is 2. The van der Waals surface area contributed by atoms with Crippen molar-refractivity contribution in [3.8, 4) is 17.4 Å². The van der Waals surface area contributed by atoms with Gasteiger partial charge in [-0.1, -0.05) is 30.7 Å². The molecule has 0 fully saturated rings. The molecule has 0 aliphatic heterocycles. The average molecular weight is 574 g/mol. The first-order valence-electron chi connectivity index (χ1n) is 11.7. The van der Waals surface area contributed by atoms with Crippen LogP contribution in [-0.2, 0) is 17.9 Å². The number of aromatic nitrogens is 4. The fourth-order valence-electron chi connectivity index (χ4n) is 3.50. The lowest BCUT2D eigenvalue weighted by Gasteiger charge is -2.17. The Hall–Kier alpha value is -4.78. The Morgan fingerprint density at radius 2 is 1.70 bits per heavy atom. The molecular weight excluding hydrogens is 552 g/mol. The molecule has 2 N–H and O–H groups in total. The van der Waals surface area contributed by atoms with Crippen LogP contribution in [0.5, 0.6) is 17.4 Å². The lowest BCUT2D eigenvalue weighted by Crippen LogP contribution is -2.44. The van der Waals surface area contributed by atoms with E-state index < -0.39 is 29.9 Å². The van der Waals surface area contributed by atoms with E-state index in [1.807, 2.05) is 0 Å². The predicted molar refractivity (Wildman–Crippen MR) is 141 cm³/mol. The Bertz CT molecular complexity index is 1590. The maximum atomic E-state index is 13.3. The normalized spacial score (nSPS) is 11.7. The van der Waals surface area contributed by atoms with Gasteiger partial charge in [0.2, 0.25) is 11.8 Å². The van der Waals surface area contributed by atoms with Crippen molar-refractivity contribution in [2.75, 3.05) is 5.32 Å². The van der Waals surface area contributed by atoms with Crippen molar-refractivity contribution in [2.24, 2.45) is 5.92 Å².